The van der Waals surface area contributed by atoms with Gasteiger partial charge in [-0.3, -0.25) is 19.3 Å². The lowest BCUT2D eigenvalue weighted by molar-refractivity contribution is -0.145. The van der Waals surface area contributed by atoms with Crippen LogP contribution in [0.25, 0.3) is 0 Å². The average Bonchev–Trinajstić information content (AvgIpc) is 3.10. The number of likely N-dealkylation sites (tertiary alicyclic amines) is 1. The third-order valence-corrected chi connectivity index (χ3v) is 4.64. The van der Waals surface area contributed by atoms with E-state index in [2.05, 4.69) is 5.32 Å². The van der Waals surface area contributed by atoms with E-state index in [1.54, 1.807) is 12.1 Å². The van der Waals surface area contributed by atoms with Crippen LogP contribution >= 0.6 is 0 Å². The average molecular weight is 304 g/mol. The molecule has 1 aliphatic heterocycles. The zero-order valence-electron chi connectivity index (χ0n) is 12.5. The second-order valence-corrected chi connectivity index (χ2v) is 6.16. The summed E-state index contributed by atoms with van der Waals surface area (Å²) in [5.41, 5.74) is -0.531. The topological polar surface area (TPSA) is 79.6 Å². The zero-order valence-corrected chi connectivity index (χ0v) is 12.5. The fraction of sp³-hybridized carbons (Fsp3) is 0.562. The molecule has 3 rings (SSSR count). The van der Waals surface area contributed by atoms with Crippen molar-refractivity contribution in [3.05, 3.63) is 24.2 Å². The third-order valence-electron chi connectivity index (χ3n) is 4.64. The first-order valence-corrected chi connectivity index (χ1v) is 7.75. The maximum absolute atomic E-state index is 12.6. The summed E-state index contributed by atoms with van der Waals surface area (Å²) in [7, 11) is 0. The summed E-state index contributed by atoms with van der Waals surface area (Å²) in [4.78, 5) is 37.8. The molecule has 6 heteroatoms. The molecule has 0 atom stereocenters. The van der Waals surface area contributed by atoms with Gasteiger partial charge in [0.1, 0.15) is 12.3 Å². The Labute approximate surface area is 128 Å². The van der Waals surface area contributed by atoms with Gasteiger partial charge in [-0.2, -0.15) is 0 Å². The van der Waals surface area contributed by atoms with Crippen molar-refractivity contribution in [2.75, 3.05) is 6.54 Å². The Kier molecular flexibility index (Phi) is 4.00. The summed E-state index contributed by atoms with van der Waals surface area (Å²) in [6, 6.07) is 3.49. The molecular formula is C16H20N2O4. The molecule has 6 nitrogen and oxygen atoms in total. The molecular weight excluding hydrogens is 284 g/mol. The summed E-state index contributed by atoms with van der Waals surface area (Å²) in [6.07, 6.45) is 6.41. The first-order valence-electron chi connectivity index (χ1n) is 7.75. The number of hydrogen-bond acceptors (Lipinski definition) is 4. The number of imide groups is 1. The molecule has 1 aliphatic carbocycles. The van der Waals surface area contributed by atoms with Gasteiger partial charge in [0.25, 0.3) is 0 Å². The molecule has 0 unspecified atom stereocenters. The van der Waals surface area contributed by atoms with Crippen molar-refractivity contribution in [3.63, 3.8) is 0 Å². The Morgan fingerprint density at radius 1 is 1.27 bits per heavy atom. The minimum absolute atomic E-state index is 0.162. The lowest BCUT2D eigenvalue weighted by Crippen LogP contribution is -2.42. The Bertz CT molecular complexity index is 573. The van der Waals surface area contributed by atoms with Crippen LogP contribution < -0.4 is 5.32 Å². The summed E-state index contributed by atoms with van der Waals surface area (Å²) >= 11 is 0. The van der Waals surface area contributed by atoms with Gasteiger partial charge in [-0.25, -0.2) is 0 Å². The molecule has 2 fully saturated rings. The Morgan fingerprint density at radius 3 is 2.73 bits per heavy atom. The number of amides is 3. The molecule has 1 N–H and O–H groups in total. The molecule has 1 aromatic heterocycles. The summed E-state index contributed by atoms with van der Waals surface area (Å²) in [6.45, 7) is 0.0628. The first kappa shape index (κ1) is 14.8. The smallest absolute Gasteiger partial charge is 0.240 e. The summed E-state index contributed by atoms with van der Waals surface area (Å²) in [5.74, 6) is -0.0902. The van der Waals surface area contributed by atoms with Crippen LogP contribution in [0.1, 0.15) is 44.3 Å². The van der Waals surface area contributed by atoms with E-state index >= 15 is 0 Å². The van der Waals surface area contributed by atoms with Crippen LogP contribution in [0.2, 0.25) is 0 Å². The van der Waals surface area contributed by atoms with Crippen molar-refractivity contribution in [2.24, 2.45) is 5.41 Å². The molecule has 0 bridgehead atoms. The van der Waals surface area contributed by atoms with E-state index in [4.69, 9.17) is 4.42 Å². The van der Waals surface area contributed by atoms with E-state index in [9.17, 15) is 14.4 Å². The van der Waals surface area contributed by atoms with Gasteiger partial charge in [0, 0.05) is 6.42 Å². The fourth-order valence-corrected chi connectivity index (χ4v) is 3.44. The van der Waals surface area contributed by atoms with E-state index in [0.29, 0.717) is 5.76 Å². The molecule has 2 heterocycles. The predicted molar refractivity (Wildman–Crippen MR) is 77.4 cm³/mol. The summed E-state index contributed by atoms with van der Waals surface area (Å²) < 4.78 is 5.12. The van der Waals surface area contributed by atoms with Crippen molar-refractivity contribution in [1.29, 1.82) is 0 Å². The number of rotatable bonds is 4. The highest BCUT2D eigenvalue weighted by molar-refractivity contribution is 6.08. The second-order valence-electron chi connectivity index (χ2n) is 6.16. The predicted octanol–water partition coefficient (Wildman–Crippen LogP) is 1.61. The van der Waals surface area contributed by atoms with E-state index in [-0.39, 0.29) is 37.2 Å². The van der Waals surface area contributed by atoms with E-state index < -0.39 is 5.41 Å². The Morgan fingerprint density at radius 2 is 2.05 bits per heavy atom. The van der Waals surface area contributed by atoms with Crippen molar-refractivity contribution >= 4 is 17.7 Å². The lowest BCUT2D eigenvalue weighted by atomic mass is 9.73. The largest absolute Gasteiger partial charge is 0.467 e. The van der Waals surface area contributed by atoms with Crippen LogP contribution in [0.3, 0.4) is 0 Å². The van der Waals surface area contributed by atoms with Gasteiger partial charge in [-0.15, -0.1) is 0 Å². The molecule has 3 amide bonds. The standard InChI is InChI=1S/C16H20N2O4/c19-13(17-10-12-5-4-8-22-12)11-18-14(20)9-16(15(18)21)6-2-1-3-7-16/h4-5,8H,1-3,6-7,9-11H2,(H,17,19). The SMILES string of the molecule is O=C(CN1C(=O)CC2(CCCCC2)C1=O)NCc1ccco1. The van der Waals surface area contributed by atoms with E-state index in [1.807, 2.05) is 0 Å². The van der Waals surface area contributed by atoms with Gasteiger partial charge in [-0.1, -0.05) is 19.3 Å². The maximum Gasteiger partial charge on any atom is 0.240 e. The zero-order chi connectivity index (χ0) is 15.6. The van der Waals surface area contributed by atoms with Crippen LogP contribution in [0.4, 0.5) is 0 Å². The van der Waals surface area contributed by atoms with Gasteiger partial charge >= 0.3 is 0 Å². The molecule has 1 aromatic rings. The van der Waals surface area contributed by atoms with E-state index in [0.717, 1.165) is 37.0 Å². The first-order chi connectivity index (χ1) is 10.6. The molecule has 1 spiro atoms. The van der Waals surface area contributed by atoms with Crippen LogP contribution in [-0.2, 0) is 20.9 Å². The normalized spacial score (nSPS) is 20.6. The van der Waals surface area contributed by atoms with Gasteiger partial charge < -0.3 is 9.73 Å². The number of furan rings is 1. The minimum atomic E-state index is -0.531. The third kappa shape index (κ3) is 2.77. The quantitative estimate of drug-likeness (QED) is 0.857. The molecule has 0 radical (unpaired) electrons. The van der Waals surface area contributed by atoms with Crippen LogP contribution in [-0.4, -0.2) is 29.2 Å². The van der Waals surface area contributed by atoms with Crippen LogP contribution in [0, 0.1) is 5.41 Å². The number of carbonyl (C=O) groups excluding carboxylic acids is 3. The highest BCUT2D eigenvalue weighted by atomic mass is 16.3. The highest BCUT2D eigenvalue weighted by Crippen LogP contribution is 2.45. The van der Waals surface area contributed by atoms with Gasteiger partial charge in [0.2, 0.25) is 17.7 Å². The number of nitrogens with one attached hydrogen (secondary N) is 1. The van der Waals surface area contributed by atoms with Gasteiger partial charge in [0.05, 0.1) is 18.2 Å². The van der Waals surface area contributed by atoms with Crippen molar-refractivity contribution in [1.82, 2.24) is 10.2 Å². The lowest BCUT2D eigenvalue weighted by Gasteiger charge is -2.30. The van der Waals surface area contributed by atoms with Gasteiger partial charge in [0.15, 0.2) is 0 Å². The maximum atomic E-state index is 12.6. The number of carbonyl (C=O) groups is 3. The number of hydrogen-bond donors (Lipinski definition) is 1. The van der Waals surface area contributed by atoms with Crippen LogP contribution in [0.5, 0.6) is 0 Å². The molecule has 118 valence electrons. The molecule has 0 aromatic carbocycles. The molecule has 1 saturated carbocycles. The second kappa shape index (κ2) is 5.94. The number of nitrogens with zero attached hydrogens (tertiary/aromatic N) is 1. The van der Waals surface area contributed by atoms with Crippen molar-refractivity contribution < 1.29 is 18.8 Å². The Balaban J connectivity index is 1.58. The summed E-state index contributed by atoms with van der Waals surface area (Å²) in [5, 5.41) is 2.67. The fourth-order valence-electron chi connectivity index (χ4n) is 3.44. The monoisotopic (exact) mass is 304 g/mol. The van der Waals surface area contributed by atoms with E-state index in [1.165, 1.54) is 6.26 Å². The minimum Gasteiger partial charge on any atom is -0.467 e. The highest BCUT2D eigenvalue weighted by Gasteiger charge is 2.51. The van der Waals surface area contributed by atoms with Gasteiger partial charge in [-0.05, 0) is 25.0 Å². The molecule has 1 saturated heterocycles. The molecule has 2 aliphatic rings. The van der Waals surface area contributed by atoms with Crippen LogP contribution in [0.15, 0.2) is 22.8 Å². The van der Waals surface area contributed by atoms with Crippen molar-refractivity contribution in [3.8, 4) is 0 Å². The Hall–Kier alpha value is -2.11. The van der Waals surface area contributed by atoms with Crippen molar-refractivity contribution in [2.45, 2.75) is 45.1 Å². The molecule has 22 heavy (non-hydrogen) atoms.